The van der Waals surface area contributed by atoms with Crippen molar-refractivity contribution in [1.29, 1.82) is 0 Å². The van der Waals surface area contributed by atoms with Crippen molar-refractivity contribution in [3.05, 3.63) is 52.1 Å². The predicted molar refractivity (Wildman–Crippen MR) is 126 cm³/mol. The van der Waals surface area contributed by atoms with E-state index in [0.29, 0.717) is 5.56 Å². The van der Waals surface area contributed by atoms with E-state index in [-0.39, 0.29) is 53.5 Å². The van der Waals surface area contributed by atoms with Gasteiger partial charge in [-0.15, -0.1) is 0 Å². The maximum absolute atomic E-state index is 12.9. The van der Waals surface area contributed by atoms with Gasteiger partial charge < -0.3 is 28.7 Å². The molecule has 36 heavy (non-hydrogen) atoms. The Kier molecular flexibility index (Phi) is 8.59. The average Bonchev–Trinajstić information content (AvgIpc) is 3.41. The molecule has 0 saturated carbocycles. The molecule has 1 aromatic carbocycles. The number of imide groups is 1. The van der Waals surface area contributed by atoms with E-state index in [9.17, 15) is 19.2 Å². The van der Waals surface area contributed by atoms with Crippen LogP contribution in [0.4, 0.5) is 4.79 Å². The molecule has 0 radical (unpaired) electrons. The van der Waals surface area contributed by atoms with Gasteiger partial charge in [-0.05, 0) is 56.7 Å². The van der Waals surface area contributed by atoms with Crippen LogP contribution >= 0.6 is 11.6 Å². The fraction of sp³-hybridized carbons (Fsp3) is 0.333. The minimum absolute atomic E-state index is 0.00757. The highest BCUT2D eigenvalue weighted by Gasteiger charge is 2.34. The normalized spacial score (nSPS) is 15.0. The van der Waals surface area contributed by atoms with Crippen molar-refractivity contribution in [2.75, 3.05) is 20.3 Å². The summed E-state index contributed by atoms with van der Waals surface area (Å²) in [5.74, 6) is -1.29. The number of urea groups is 1. The molecule has 3 amide bonds. The lowest BCUT2D eigenvalue weighted by atomic mass is 10.1. The topological polar surface area (TPSA) is 134 Å². The Labute approximate surface area is 211 Å². The summed E-state index contributed by atoms with van der Waals surface area (Å²) in [5, 5.41) is 2.63. The molecule has 3 rings (SSSR count). The third-order valence-corrected chi connectivity index (χ3v) is 5.16. The van der Waals surface area contributed by atoms with Crippen molar-refractivity contribution in [3.63, 3.8) is 0 Å². The van der Waals surface area contributed by atoms with Crippen molar-refractivity contribution in [1.82, 2.24) is 10.2 Å². The molecule has 1 fully saturated rings. The number of amides is 3. The van der Waals surface area contributed by atoms with E-state index in [1.165, 1.54) is 38.3 Å². The molecule has 0 unspecified atom stereocenters. The number of nitrogens with zero attached hydrogens (tertiary/aromatic N) is 1. The second-order valence-corrected chi connectivity index (χ2v) is 7.82. The minimum Gasteiger partial charge on any atom is -0.490 e. The molecule has 1 aliphatic rings. The first-order chi connectivity index (χ1) is 17.2. The largest absolute Gasteiger partial charge is 0.490 e. The quantitative estimate of drug-likeness (QED) is 0.283. The maximum Gasteiger partial charge on any atom is 0.373 e. The Morgan fingerprint density at radius 3 is 2.61 bits per heavy atom. The highest BCUT2D eigenvalue weighted by atomic mass is 35.5. The zero-order valence-corrected chi connectivity index (χ0v) is 20.8. The van der Waals surface area contributed by atoms with Crippen LogP contribution in [-0.2, 0) is 25.6 Å². The lowest BCUT2D eigenvalue weighted by molar-refractivity contribution is -0.150. The molecule has 1 aliphatic heterocycles. The smallest absolute Gasteiger partial charge is 0.373 e. The van der Waals surface area contributed by atoms with Crippen LogP contribution in [0.3, 0.4) is 0 Å². The zero-order chi connectivity index (χ0) is 26.4. The van der Waals surface area contributed by atoms with Crippen LogP contribution in [0.1, 0.15) is 42.6 Å². The van der Waals surface area contributed by atoms with Crippen molar-refractivity contribution >= 4 is 41.6 Å². The molecule has 12 heteroatoms. The van der Waals surface area contributed by atoms with Crippen molar-refractivity contribution < 1.29 is 42.5 Å². The number of hydrogen-bond donors (Lipinski definition) is 1. The molecular weight excluding hydrogens is 496 g/mol. The minimum atomic E-state index is -0.934. The predicted octanol–water partition coefficient (Wildman–Crippen LogP) is 3.54. The molecule has 192 valence electrons. The van der Waals surface area contributed by atoms with Crippen molar-refractivity contribution in [2.24, 2.45) is 0 Å². The number of benzene rings is 1. The summed E-state index contributed by atoms with van der Waals surface area (Å²) < 4.78 is 26.2. The number of carbonyl (C=O) groups is 4. The molecule has 1 aromatic heterocycles. The number of furan rings is 1. The Balaban J connectivity index is 1.82. The zero-order valence-electron chi connectivity index (χ0n) is 20.1. The lowest BCUT2D eigenvalue weighted by Crippen LogP contribution is -2.30. The Morgan fingerprint density at radius 2 is 1.94 bits per heavy atom. The highest BCUT2D eigenvalue weighted by Crippen LogP contribution is 2.38. The van der Waals surface area contributed by atoms with Crippen molar-refractivity contribution in [3.8, 4) is 11.5 Å². The molecule has 0 spiro atoms. The number of hydrogen-bond acceptors (Lipinski definition) is 9. The molecule has 1 atom stereocenters. The van der Waals surface area contributed by atoms with E-state index >= 15 is 0 Å². The molecule has 0 aliphatic carbocycles. The van der Waals surface area contributed by atoms with Crippen LogP contribution in [0.5, 0.6) is 11.5 Å². The Morgan fingerprint density at radius 1 is 1.19 bits per heavy atom. The van der Waals surface area contributed by atoms with Crippen LogP contribution in [-0.4, -0.2) is 55.2 Å². The standard InChI is InChI=1S/C24H25ClN2O9/c1-5-33-19-11-14(9-16(25)20(19)35-13(3)22(29)34-6-2)10-17-21(28)27(24(31)26-17)12-15-7-8-18(36-15)23(30)32-4/h7-11,13H,5-6,12H2,1-4H3,(H,26,31)/b17-10-/t13-/m1/s1. The maximum atomic E-state index is 12.9. The summed E-state index contributed by atoms with van der Waals surface area (Å²) in [6.07, 6.45) is 0.492. The van der Waals surface area contributed by atoms with Gasteiger partial charge in [0.05, 0.1) is 31.9 Å². The van der Waals surface area contributed by atoms with Crippen molar-refractivity contribution in [2.45, 2.75) is 33.4 Å². The van der Waals surface area contributed by atoms with Gasteiger partial charge in [-0.3, -0.25) is 9.69 Å². The molecule has 1 N–H and O–H groups in total. The van der Waals surface area contributed by atoms with Gasteiger partial charge in [-0.2, -0.15) is 0 Å². The van der Waals surface area contributed by atoms with E-state index in [1.54, 1.807) is 19.9 Å². The molecule has 2 heterocycles. The SMILES string of the molecule is CCOC(=O)[C@@H](C)Oc1c(Cl)cc(/C=C2\NC(=O)N(Cc3ccc(C(=O)OC)o3)C2=O)cc1OCC. The lowest BCUT2D eigenvalue weighted by Gasteiger charge is -2.18. The van der Waals surface area contributed by atoms with Crippen LogP contribution in [0.2, 0.25) is 5.02 Å². The van der Waals surface area contributed by atoms with Gasteiger partial charge in [0.15, 0.2) is 17.6 Å². The van der Waals surface area contributed by atoms with Gasteiger partial charge in [0.25, 0.3) is 5.91 Å². The third-order valence-electron chi connectivity index (χ3n) is 4.88. The number of halogens is 1. The summed E-state index contributed by atoms with van der Waals surface area (Å²) in [5.41, 5.74) is 0.433. The van der Waals surface area contributed by atoms with E-state index in [0.717, 1.165) is 4.90 Å². The second kappa shape index (κ2) is 11.6. The van der Waals surface area contributed by atoms with Crippen LogP contribution < -0.4 is 14.8 Å². The Hall–Kier alpha value is -3.99. The number of carbonyl (C=O) groups excluding carboxylic acids is 4. The molecule has 0 bridgehead atoms. The number of esters is 2. The molecule has 1 saturated heterocycles. The summed E-state index contributed by atoms with van der Waals surface area (Å²) in [6.45, 7) is 5.26. The van der Waals surface area contributed by atoms with Crippen LogP contribution in [0.15, 0.2) is 34.4 Å². The van der Waals surface area contributed by atoms with E-state index < -0.39 is 30.0 Å². The third kappa shape index (κ3) is 5.98. The van der Waals surface area contributed by atoms with Crippen LogP contribution in [0.25, 0.3) is 6.08 Å². The van der Waals surface area contributed by atoms with E-state index in [1.807, 2.05) is 0 Å². The van der Waals surface area contributed by atoms with Gasteiger partial charge in [0.1, 0.15) is 11.5 Å². The number of nitrogens with one attached hydrogen (secondary N) is 1. The van der Waals surface area contributed by atoms with Gasteiger partial charge >= 0.3 is 18.0 Å². The Bertz CT molecular complexity index is 1200. The number of rotatable bonds is 10. The fourth-order valence-electron chi connectivity index (χ4n) is 3.24. The average molecular weight is 521 g/mol. The fourth-order valence-corrected chi connectivity index (χ4v) is 3.51. The summed E-state index contributed by atoms with van der Waals surface area (Å²) in [7, 11) is 1.21. The molecular formula is C24H25ClN2O9. The highest BCUT2D eigenvalue weighted by molar-refractivity contribution is 6.32. The summed E-state index contributed by atoms with van der Waals surface area (Å²) in [6, 6.07) is 5.26. The summed E-state index contributed by atoms with van der Waals surface area (Å²) in [4.78, 5) is 49.7. The van der Waals surface area contributed by atoms with Gasteiger partial charge in [0.2, 0.25) is 5.76 Å². The van der Waals surface area contributed by atoms with Gasteiger partial charge in [-0.25, -0.2) is 14.4 Å². The first-order valence-electron chi connectivity index (χ1n) is 11.0. The molecule has 11 nitrogen and oxygen atoms in total. The first-order valence-corrected chi connectivity index (χ1v) is 11.4. The van der Waals surface area contributed by atoms with E-state index in [2.05, 4.69) is 10.1 Å². The number of ether oxygens (including phenoxy) is 4. The monoisotopic (exact) mass is 520 g/mol. The van der Waals surface area contributed by atoms with E-state index in [4.69, 9.17) is 30.2 Å². The second-order valence-electron chi connectivity index (χ2n) is 7.41. The van der Waals surface area contributed by atoms with Gasteiger partial charge in [0, 0.05) is 0 Å². The number of methoxy groups -OCH3 is 1. The summed E-state index contributed by atoms with van der Waals surface area (Å²) >= 11 is 6.40. The van der Waals surface area contributed by atoms with Gasteiger partial charge in [-0.1, -0.05) is 11.6 Å². The first kappa shape index (κ1) is 26.6. The van der Waals surface area contributed by atoms with Crippen LogP contribution in [0, 0.1) is 0 Å². The molecule has 2 aromatic rings.